The molecule has 1 aromatic rings. The zero-order valence-corrected chi connectivity index (χ0v) is 9.80. The van der Waals surface area contributed by atoms with E-state index in [-0.39, 0.29) is 0 Å². The Balaban J connectivity index is 2.85. The summed E-state index contributed by atoms with van der Waals surface area (Å²) in [5, 5.41) is 0.719. The molecule has 0 fully saturated rings. The van der Waals surface area contributed by atoms with E-state index in [9.17, 15) is 4.79 Å². The van der Waals surface area contributed by atoms with Gasteiger partial charge in [-0.2, -0.15) is 0 Å². The van der Waals surface area contributed by atoms with E-state index in [1.165, 1.54) is 7.11 Å². The minimum atomic E-state index is -0.743. The van der Waals surface area contributed by atoms with Gasteiger partial charge in [0.15, 0.2) is 11.9 Å². The van der Waals surface area contributed by atoms with Gasteiger partial charge in [0.25, 0.3) is 0 Å². The van der Waals surface area contributed by atoms with Crippen molar-refractivity contribution in [1.29, 1.82) is 0 Å². The van der Waals surface area contributed by atoms with E-state index in [4.69, 9.17) is 27.9 Å². The Hall–Kier alpha value is -0.930. The summed E-state index contributed by atoms with van der Waals surface area (Å²) in [6.07, 6.45) is -0.743. The molecule has 0 spiro atoms. The topological polar surface area (TPSA) is 35.5 Å². The van der Waals surface area contributed by atoms with Gasteiger partial charge in [-0.05, 0) is 19.1 Å². The van der Waals surface area contributed by atoms with Gasteiger partial charge < -0.3 is 9.47 Å². The predicted octanol–water partition coefficient (Wildman–Crippen LogP) is 2.93. The number of para-hydroxylation sites is 1. The average molecular weight is 249 g/mol. The summed E-state index contributed by atoms with van der Waals surface area (Å²) in [7, 11) is 1.29. The molecular formula is C10H10Cl2O3. The van der Waals surface area contributed by atoms with Crippen LogP contribution in [0.4, 0.5) is 0 Å². The van der Waals surface area contributed by atoms with Gasteiger partial charge in [-0.25, -0.2) is 4.79 Å². The van der Waals surface area contributed by atoms with Gasteiger partial charge in [0.05, 0.1) is 17.2 Å². The van der Waals surface area contributed by atoms with Crippen molar-refractivity contribution in [3.8, 4) is 5.75 Å². The van der Waals surface area contributed by atoms with Gasteiger partial charge in [0, 0.05) is 0 Å². The lowest BCUT2D eigenvalue weighted by Crippen LogP contribution is -2.25. The van der Waals surface area contributed by atoms with Crippen molar-refractivity contribution >= 4 is 29.2 Å². The zero-order chi connectivity index (χ0) is 11.4. The van der Waals surface area contributed by atoms with Crippen LogP contribution in [0.25, 0.3) is 0 Å². The standard InChI is InChI=1S/C10H10Cl2O3/c1-6(10(13)14-2)15-9-7(11)4-3-5-8(9)12/h3-6H,1-2H3/t6-/m1/s1. The second-order valence-electron chi connectivity index (χ2n) is 2.83. The van der Waals surface area contributed by atoms with Crippen LogP contribution < -0.4 is 4.74 Å². The van der Waals surface area contributed by atoms with Crippen LogP contribution in [-0.4, -0.2) is 19.2 Å². The third-order valence-electron chi connectivity index (χ3n) is 1.75. The Labute approximate surface area is 97.9 Å². The summed E-state index contributed by atoms with van der Waals surface area (Å²) >= 11 is 11.7. The van der Waals surface area contributed by atoms with Crippen molar-refractivity contribution < 1.29 is 14.3 Å². The molecule has 0 aliphatic carbocycles. The van der Waals surface area contributed by atoms with Crippen LogP contribution in [0.2, 0.25) is 10.0 Å². The van der Waals surface area contributed by atoms with E-state index >= 15 is 0 Å². The lowest BCUT2D eigenvalue weighted by molar-refractivity contribution is -0.147. The van der Waals surface area contributed by atoms with E-state index < -0.39 is 12.1 Å². The highest BCUT2D eigenvalue weighted by atomic mass is 35.5. The van der Waals surface area contributed by atoms with E-state index in [2.05, 4.69) is 4.74 Å². The fourth-order valence-corrected chi connectivity index (χ4v) is 1.47. The quantitative estimate of drug-likeness (QED) is 0.772. The molecule has 3 nitrogen and oxygen atoms in total. The number of carbonyl (C=O) groups excluding carboxylic acids is 1. The summed E-state index contributed by atoms with van der Waals surface area (Å²) in [5.74, 6) is -0.190. The molecule has 0 amide bonds. The van der Waals surface area contributed by atoms with Crippen LogP contribution in [-0.2, 0) is 9.53 Å². The molecule has 0 unspecified atom stereocenters. The van der Waals surface area contributed by atoms with Crippen molar-refractivity contribution in [3.05, 3.63) is 28.2 Å². The highest BCUT2D eigenvalue weighted by molar-refractivity contribution is 6.37. The van der Waals surface area contributed by atoms with Gasteiger partial charge in [-0.3, -0.25) is 0 Å². The Morgan fingerprint density at radius 1 is 1.33 bits per heavy atom. The summed E-state index contributed by atoms with van der Waals surface area (Å²) in [5.41, 5.74) is 0. The molecule has 0 aliphatic rings. The molecule has 82 valence electrons. The minimum absolute atomic E-state index is 0.290. The molecule has 0 aliphatic heterocycles. The maximum Gasteiger partial charge on any atom is 0.346 e. The number of hydrogen-bond acceptors (Lipinski definition) is 3. The van der Waals surface area contributed by atoms with Gasteiger partial charge in [0.1, 0.15) is 0 Å². The van der Waals surface area contributed by atoms with Gasteiger partial charge in [-0.15, -0.1) is 0 Å². The van der Waals surface area contributed by atoms with Crippen molar-refractivity contribution in [1.82, 2.24) is 0 Å². The Morgan fingerprint density at radius 2 is 1.87 bits per heavy atom. The highest BCUT2D eigenvalue weighted by Gasteiger charge is 2.17. The molecule has 0 bridgehead atoms. The summed E-state index contributed by atoms with van der Waals surface area (Å²) < 4.78 is 9.80. The molecule has 0 aromatic heterocycles. The van der Waals surface area contributed by atoms with Crippen LogP contribution >= 0.6 is 23.2 Å². The summed E-state index contributed by atoms with van der Waals surface area (Å²) in [6.45, 7) is 1.56. The van der Waals surface area contributed by atoms with Gasteiger partial charge in [0.2, 0.25) is 0 Å². The lowest BCUT2D eigenvalue weighted by Gasteiger charge is -2.14. The second kappa shape index (κ2) is 5.24. The number of benzene rings is 1. The average Bonchev–Trinajstić information content (AvgIpc) is 2.22. The number of hydrogen-bond donors (Lipinski definition) is 0. The first-order valence-corrected chi connectivity index (χ1v) is 5.00. The molecule has 5 heteroatoms. The van der Waals surface area contributed by atoms with Crippen molar-refractivity contribution in [2.24, 2.45) is 0 Å². The molecule has 0 saturated carbocycles. The molecule has 1 atom stereocenters. The number of carbonyl (C=O) groups is 1. The maximum absolute atomic E-state index is 11.1. The first-order valence-electron chi connectivity index (χ1n) is 4.24. The molecule has 1 rings (SSSR count). The zero-order valence-electron chi connectivity index (χ0n) is 8.29. The fourth-order valence-electron chi connectivity index (χ4n) is 0.986. The highest BCUT2D eigenvalue weighted by Crippen LogP contribution is 2.33. The number of halogens is 2. The van der Waals surface area contributed by atoms with Gasteiger partial charge >= 0.3 is 5.97 Å². The number of methoxy groups -OCH3 is 1. The largest absolute Gasteiger partial charge is 0.476 e. The van der Waals surface area contributed by atoms with Gasteiger partial charge in [-0.1, -0.05) is 29.3 Å². The molecule has 0 radical (unpaired) electrons. The van der Waals surface area contributed by atoms with Crippen LogP contribution in [0.15, 0.2) is 18.2 Å². The Kier molecular flexibility index (Phi) is 4.24. The second-order valence-corrected chi connectivity index (χ2v) is 3.65. The molecule has 0 saturated heterocycles. The molecule has 0 heterocycles. The molecule has 0 N–H and O–H groups in total. The molecule has 15 heavy (non-hydrogen) atoms. The first-order chi connectivity index (χ1) is 7.06. The molecular weight excluding hydrogens is 239 g/mol. The third-order valence-corrected chi connectivity index (χ3v) is 2.34. The normalized spacial score (nSPS) is 12.0. The Bertz CT molecular complexity index is 345. The van der Waals surface area contributed by atoms with Crippen LogP contribution in [0.1, 0.15) is 6.92 Å². The summed E-state index contributed by atoms with van der Waals surface area (Å²) in [6, 6.07) is 4.96. The monoisotopic (exact) mass is 248 g/mol. The van der Waals surface area contributed by atoms with Crippen LogP contribution in [0, 0.1) is 0 Å². The van der Waals surface area contributed by atoms with Crippen molar-refractivity contribution in [2.75, 3.05) is 7.11 Å². The predicted molar refractivity (Wildman–Crippen MR) is 58.6 cm³/mol. The fraction of sp³-hybridized carbons (Fsp3) is 0.300. The number of ether oxygens (including phenoxy) is 2. The minimum Gasteiger partial charge on any atom is -0.476 e. The first kappa shape index (κ1) is 12.1. The Morgan fingerprint density at radius 3 is 2.33 bits per heavy atom. The van der Waals surface area contributed by atoms with Crippen LogP contribution in [0.5, 0.6) is 5.75 Å². The number of rotatable bonds is 3. The van der Waals surface area contributed by atoms with E-state index in [0.717, 1.165) is 0 Å². The number of esters is 1. The SMILES string of the molecule is COC(=O)[C@@H](C)Oc1c(Cl)cccc1Cl. The van der Waals surface area contributed by atoms with E-state index in [0.29, 0.717) is 15.8 Å². The smallest absolute Gasteiger partial charge is 0.346 e. The maximum atomic E-state index is 11.1. The van der Waals surface area contributed by atoms with Crippen LogP contribution in [0.3, 0.4) is 0 Å². The van der Waals surface area contributed by atoms with E-state index in [1.807, 2.05) is 0 Å². The van der Waals surface area contributed by atoms with Crippen molar-refractivity contribution in [3.63, 3.8) is 0 Å². The summed E-state index contributed by atoms with van der Waals surface area (Å²) in [4.78, 5) is 11.1. The molecule has 1 aromatic carbocycles. The van der Waals surface area contributed by atoms with E-state index in [1.54, 1.807) is 25.1 Å². The van der Waals surface area contributed by atoms with Crippen molar-refractivity contribution in [2.45, 2.75) is 13.0 Å². The third kappa shape index (κ3) is 3.01. The lowest BCUT2D eigenvalue weighted by atomic mass is 10.3.